The lowest BCUT2D eigenvalue weighted by molar-refractivity contribution is -0.145. The Kier molecular flexibility index (Phi) is 8.90. The Morgan fingerprint density at radius 1 is 1.08 bits per heavy atom. The average Bonchev–Trinajstić information content (AvgIpc) is 3.51. The first-order valence-corrected chi connectivity index (χ1v) is 13.1. The van der Waals surface area contributed by atoms with Crippen molar-refractivity contribution in [2.24, 2.45) is 0 Å². The molecule has 1 aliphatic heterocycles. The number of benzene rings is 2. The smallest absolute Gasteiger partial charge is 0.256 e. The van der Waals surface area contributed by atoms with Crippen LogP contribution in [-0.4, -0.2) is 58.7 Å². The van der Waals surface area contributed by atoms with E-state index < -0.39 is 5.82 Å². The third-order valence-corrected chi connectivity index (χ3v) is 6.82. The molecule has 0 bridgehead atoms. The standard InChI is InChI=1S/C28H34F2N6O3/c1-5-6-7-10-31-26(37)16-35(25-13-23(24(30)11-18(25)2)28-32-19(3)39-33-28)17-27(38)34(4)36-14-20-8-9-22(29)12-21(20)15-36/h8-9,11-13H,5-7,10,14-17H2,1-4H3,(H,31,37). The van der Waals surface area contributed by atoms with Crippen LogP contribution >= 0.6 is 0 Å². The molecule has 208 valence electrons. The molecule has 1 aromatic heterocycles. The molecule has 0 radical (unpaired) electrons. The quantitative estimate of drug-likeness (QED) is 0.366. The molecule has 11 heteroatoms. The Hall–Kier alpha value is -3.86. The van der Waals surface area contributed by atoms with Gasteiger partial charge in [0.1, 0.15) is 11.6 Å². The zero-order valence-corrected chi connectivity index (χ0v) is 22.8. The predicted octanol–water partition coefficient (Wildman–Crippen LogP) is 4.13. The number of unbranched alkanes of at least 4 members (excludes halogenated alkanes) is 2. The summed E-state index contributed by atoms with van der Waals surface area (Å²) in [7, 11) is 1.65. The summed E-state index contributed by atoms with van der Waals surface area (Å²) in [5.74, 6) is -1.00. The van der Waals surface area contributed by atoms with Crippen molar-refractivity contribution in [2.45, 2.75) is 53.1 Å². The van der Waals surface area contributed by atoms with Crippen LogP contribution in [0.5, 0.6) is 0 Å². The lowest BCUT2D eigenvalue weighted by Gasteiger charge is -2.32. The zero-order valence-electron chi connectivity index (χ0n) is 22.8. The lowest BCUT2D eigenvalue weighted by Crippen LogP contribution is -2.48. The second-order valence-electron chi connectivity index (χ2n) is 9.82. The van der Waals surface area contributed by atoms with Crippen LogP contribution in [0.1, 0.15) is 48.8 Å². The van der Waals surface area contributed by atoms with Gasteiger partial charge in [-0.25, -0.2) is 13.8 Å². The number of aromatic nitrogens is 2. The van der Waals surface area contributed by atoms with Crippen molar-refractivity contribution in [3.8, 4) is 11.4 Å². The molecule has 0 spiro atoms. The number of anilines is 1. The third-order valence-electron chi connectivity index (χ3n) is 6.82. The van der Waals surface area contributed by atoms with Crippen molar-refractivity contribution < 1.29 is 22.9 Å². The highest BCUT2D eigenvalue weighted by molar-refractivity contribution is 5.87. The van der Waals surface area contributed by atoms with Crippen molar-refractivity contribution in [3.05, 3.63) is 64.5 Å². The minimum absolute atomic E-state index is 0.0840. The van der Waals surface area contributed by atoms with Gasteiger partial charge in [0.15, 0.2) is 0 Å². The number of likely N-dealkylation sites (N-methyl/N-ethyl adjacent to an activating group) is 1. The second kappa shape index (κ2) is 12.3. The summed E-state index contributed by atoms with van der Waals surface area (Å²) in [5.41, 5.74) is 2.95. The summed E-state index contributed by atoms with van der Waals surface area (Å²) >= 11 is 0. The summed E-state index contributed by atoms with van der Waals surface area (Å²) in [6.45, 7) is 6.56. The Labute approximate surface area is 226 Å². The number of aryl methyl sites for hydroxylation is 2. The average molecular weight is 541 g/mol. The van der Waals surface area contributed by atoms with Crippen LogP contribution in [0, 0.1) is 25.5 Å². The number of rotatable bonds is 11. The largest absolute Gasteiger partial charge is 0.355 e. The highest BCUT2D eigenvalue weighted by Crippen LogP contribution is 2.30. The predicted molar refractivity (Wildman–Crippen MR) is 142 cm³/mol. The molecule has 0 saturated carbocycles. The van der Waals surface area contributed by atoms with E-state index in [0.717, 1.165) is 30.4 Å². The maximum Gasteiger partial charge on any atom is 0.256 e. The Bertz CT molecular complexity index is 1340. The van der Waals surface area contributed by atoms with Gasteiger partial charge in [-0.3, -0.25) is 14.6 Å². The van der Waals surface area contributed by atoms with Crippen LogP contribution in [0.15, 0.2) is 34.9 Å². The third kappa shape index (κ3) is 6.78. The van der Waals surface area contributed by atoms with Gasteiger partial charge in [0.2, 0.25) is 17.6 Å². The Morgan fingerprint density at radius 3 is 2.56 bits per heavy atom. The number of carbonyl (C=O) groups is 2. The van der Waals surface area contributed by atoms with Crippen LogP contribution in [0.3, 0.4) is 0 Å². The van der Waals surface area contributed by atoms with E-state index in [0.29, 0.717) is 30.9 Å². The number of halogens is 2. The fourth-order valence-electron chi connectivity index (χ4n) is 4.62. The molecular formula is C28H34F2N6O3. The highest BCUT2D eigenvalue weighted by atomic mass is 19.1. The molecule has 2 heterocycles. The molecule has 2 aromatic carbocycles. The molecule has 9 nitrogen and oxygen atoms in total. The maximum atomic E-state index is 14.9. The molecule has 3 aromatic rings. The van der Waals surface area contributed by atoms with E-state index in [2.05, 4.69) is 22.4 Å². The minimum atomic E-state index is -0.536. The van der Waals surface area contributed by atoms with Crippen LogP contribution in [0.25, 0.3) is 11.4 Å². The van der Waals surface area contributed by atoms with Gasteiger partial charge >= 0.3 is 0 Å². The van der Waals surface area contributed by atoms with Crippen molar-refractivity contribution in [1.82, 2.24) is 25.5 Å². The molecule has 4 rings (SSSR count). The monoisotopic (exact) mass is 540 g/mol. The van der Waals surface area contributed by atoms with Crippen LogP contribution < -0.4 is 10.2 Å². The lowest BCUT2D eigenvalue weighted by atomic mass is 10.1. The Balaban J connectivity index is 1.56. The molecule has 0 saturated heterocycles. The molecular weight excluding hydrogens is 506 g/mol. The van der Waals surface area contributed by atoms with Gasteiger partial charge in [0.05, 0.1) is 18.7 Å². The van der Waals surface area contributed by atoms with Gasteiger partial charge in [-0.2, -0.15) is 4.98 Å². The molecule has 2 amide bonds. The first-order chi connectivity index (χ1) is 18.7. The van der Waals surface area contributed by atoms with Gasteiger partial charge in [0, 0.05) is 39.3 Å². The van der Waals surface area contributed by atoms with E-state index in [-0.39, 0.29) is 48.0 Å². The van der Waals surface area contributed by atoms with Crippen molar-refractivity contribution in [2.75, 3.05) is 31.6 Å². The fraction of sp³-hybridized carbons (Fsp3) is 0.429. The Morgan fingerprint density at radius 2 is 1.85 bits per heavy atom. The first kappa shape index (κ1) is 28.2. The van der Waals surface area contributed by atoms with Crippen LogP contribution in [0.2, 0.25) is 0 Å². The van der Waals surface area contributed by atoms with Crippen LogP contribution in [0.4, 0.5) is 14.5 Å². The highest BCUT2D eigenvalue weighted by Gasteiger charge is 2.28. The molecule has 0 fully saturated rings. The van der Waals surface area contributed by atoms with E-state index in [1.807, 2.05) is 5.01 Å². The number of nitrogens with zero attached hydrogens (tertiary/aromatic N) is 5. The number of hydrogen-bond donors (Lipinski definition) is 1. The van der Waals surface area contributed by atoms with Crippen molar-refractivity contribution in [1.29, 1.82) is 0 Å². The summed E-state index contributed by atoms with van der Waals surface area (Å²) in [5, 5.41) is 10.1. The number of hydrazine groups is 1. The van der Waals surface area contributed by atoms with Gasteiger partial charge in [-0.15, -0.1) is 0 Å². The number of amides is 2. The molecule has 1 aliphatic rings. The van der Waals surface area contributed by atoms with Crippen molar-refractivity contribution in [3.63, 3.8) is 0 Å². The summed E-state index contributed by atoms with van der Waals surface area (Å²) < 4.78 is 33.6. The molecule has 0 atom stereocenters. The van der Waals surface area contributed by atoms with Gasteiger partial charge in [-0.05, 0) is 54.3 Å². The number of hydrogen-bond acceptors (Lipinski definition) is 7. The zero-order chi connectivity index (χ0) is 28.1. The maximum absolute atomic E-state index is 14.9. The van der Waals surface area contributed by atoms with Gasteiger partial charge in [-0.1, -0.05) is 31.0 Å². The van der Waals surface area contributed by atoms with E-state index in [4.69, 9.17) is 4.52 Å². The number of fused-ring (bicyclic) bond motifs is 1. The summed E-state index contributed by atoms with van der Waals surface area (Å²) in [4.78, 5) is 32.1. The molecule has 0 unspecified atom stereocenters. The summed E-state index contributed by atoms with van der Waals surface area (Å²) in [6.07, 6.45) is 2.89. The minimum Gasteiger partial charge on any atom is -0.355 e. The van der Waals surface area contributed by atoms with Gasteiger partial charge < -0.3 is 14.7 Å². The molecule has 1 N–H and O–H groups in total. The summed E-state index contributed by atoms with van der Waals surface area (Å²) in [6, 6.07) is 7.49. The van der Waals surface area contributed by atoms with Gasteiger partial charge in [0.25, 0.3) is 5.91 Å². The molecule has 0 aliphatic carbocycles. The first-order valence-electron chi connectivity index (χ1n) is 13.1. The fourth-order valence-corrected chi connectivity index (χ4v) is 4.62. The van der Waals surface area contributed by atoms with Crippen LogP contribution in [-0.2, 0) is 22.7 Å². The van der Waals surface area contributed by atoms with E-state index in [1.165, 1.54) is 23.2 Å². The molecule has 39 heavy (non-hydrogen) atoms. The van der Waals surface area contributed by atoms with E-state index >= 15 is 0 Å². The number of nitrogens with one attached hydrogen (secondary N) is 1. The topological polar surface area (TPSA) is 94.8 Å². The normalized spacial score (nSPS) is 12.9. The van der Waals surface area contributed by atoms with E-state index in [9.17, 15) is 18.4 Å². The number of carbonyl (C=O) groups excluding carboxylic acids is 2. The SMILES string of the molecule is CCCCCNC(=O)CN(CC(=O)N(C)N1Cc2ccc(F)cc2C1)c1cc(-c2noc(C)n2)c(F)cc1C. The van der Waals surface area contributed by atoms with Crippen molar-refractivity contribution >= 4 is 17.5 Å². The van der Waals surface area contributed by atoms with E-state index in [1.54, 1.807) is 37.9 Å². The second-order valence-corrected chi connectivity index (χ2v) is 9.82.